The van der Waals surface area contributed by atoms with Crippen molar-refractivity contribution in [1.29, 1.82) is 0 Å². The van der Waals surface area contributed by atoms with Gasteiger partial charge in [0.05, 0.1) is 0 Å². The van der Waals surface area contributed by atoms with Crippen LogP contribution in [0.25, 0.3) is 22.8 Å². The van der Waals surface area contributed by atoms with Gasteiger partial charge in [0.1, 0.15) is 0 Å². The number of rotatable bonds is 7. The molecule has 0 saturated carbocycles. The van der Waals surface area contributed by atoms with Crippen LogP contribution in [-0.4, -0.2) is 16.1 Å². The second kappa shape index (κ2) is 10.6. The number of hydrogen-bond donors (Lipinski definition) is 0. The van der Waals surface area contributed by atoms with Crippen molar-refractivity contribution in [1.82, 2.24) is 0 Å². The molecule has 3 aromatic carbocycles. The summed E-state index contributed by atoms with van der Waals surface area (Å²) >= 11 is -2.65. The molecule has 5 heteroatoms. The van der Waals surface area contributed by atoms with E-state index >= 15 is 0 Å². The third-order valence-electron chi connectivity index (χ3n) is 7.09. The summed E-state index contributed by atoms with van der Waals surface area (Å²) in [4.78, 5) is 0. The molecule has 35 heavy (non-hydrogen) atoms. The van der Waals surface area contributed by atoms with Crippen LogP contribution in [0.3, 0.4) is 0 Å². The van der Waals surface area contributed by atoms with Crippen LogP contribution in [-0.2, 0) is 25.8 Å². The van der Waals surface area contributed by atoms with Gasteiger partial charge in [-0.2, -0.15) is 0 Å². The van der Waals surface area contributed by atoms with Gasteiger partial charge in [-0.05, 0) is 0 Å². The molecule has 4 rings (SSSR count). The van der Waals surface area contributed by atoms with Gasteiger partial charge in [0.15, 0.2) is 0 Å². The molecule has 183 valence electrons. The van der Waals surface area contributed by atoms with Crippen LogP contribution in [0.2, 0.25) is 39.3 Å². The Kier molecular flexibility index (Phi) is 8.26. The first-order valence-corrected chi connectivity index (χ1v) is 27.4. The topological polar surface area (TPSA) is 0 Å². The SMILES string of the molecule is CCCc1ccc2c(c1-c1cc([Si](C)(C)C)cc([Si](C)(C)C)c1)C=C(c1ccccc1)[CH]2[Zr]([Cl])[Cl]. The molecule has 0 fully saturated rings. The summed E-state index contributed by atoms with van der Waals surface area (Å²) in [5.74, 6) is 0. The third-order valence-corrected chi connectivity index (χ3v) is 16.3. The van der Waals surface area contributed by atoms with Crippen molar-refractivity contribution in [3.63, 3.8) is 0 Å². The van der Waals surface area contributed by atoms with E-state index in [0.29, 0.717) is 0 Å². The molecule has 0 N–H and O–H groups in total. The first-order chi connectivity index (χ1) is 16.4. The van der Waals surface area contributed by atoms with E-state index in [4.69, 9.17) is 17.0 Å². The van der Waals surface area contributed by atoms with E-state index in [0.717, 1.165) is 12.8 Å². The molecule has 1 aliphatic carbocycles. The number of aryl methyl sites for hydroxylation is 1. The van der Waals surface area contributed by atoms with Crippen molar-refractivity contribution in [2.45, 2.75) is 62.7 Å². The summed E-state index contributed by atoms with van der Waals surface area (Å²) in [7, 11) is 10.7. The molecular formula is C30H37Cl2Si2Zr. The van der Waals surface area contributed by atoms with E-state index in [1.807, 2.05) is 0 Å². The van der Waals surface area contributed by atoms with Crippen LogP contribution in [0.5, 0.6) is 0 Å². The molecule has 0 nitrogen and oxygen atoms in total. The standard InChI is InChI=1S/C30H37Si2.2ClH.Zr/c1-8-12-23-15-16-24-17-25(22-13-10-9-11-14-22)20-29(24)30(23)26-18-27(31(2,3)4)21-28(19-26)32(5,6)7;;;/h9-11,13-21H,8,12H2,1-7H3;2*1H;/q;;;+2/p-2. The third kappa shape index (κ3) is 5.75. The molecule has 0 aliphatic heterocycles. The Hall–Kier alpha value is -0.703. The number of allylic oxidation sites excluding steroid dienone is 1. The van der Waals surface area contributed by atoms with Crippen molar-refractivity contribution in [2.24, 2.45) is 0 Å². The van der Waals surface area contributed by atoms with E-state index in [-0.39, 0.29) is 3.63 Å². The van der Waals surface area contributed by atoms with Crippen molar-refractivity contribution in [3.05, 3.63) is 82.9 Å². The van der Waals surface area contributed by atoms with Crippen molar-refractivity contribution in [3.8, 4) is 11.1 Å². The fourth-order valence-corrected chi connectivity index (χ4v) is 12.7. The monoisotopic (exact) mass is 613 g/mol. The van der Waals surface area contributed by atoms with Crippen molar-refractivity contribution in [2.75, 3.05) is 0 Å². The van der Waals surface area contributed by atoms with Crippen molar-refractivity contribution >= 4 is 55.2 Å². The molecule has 0 heterocycles. The fraction of sp³-hybridized carbons (Fsp3) is 0.333. The van der Waals surface area contributed by atoms with Gasteiger partial charge in [-0.1, -0.05) is 0 Å². The summed E-state index contributed by atoms with van der Waals surface area (Å²) in [5, 5.41) is 3.11. The van der Waals surface area contributed by atoms with Gasteiger partial charge in [-0.3, -0.25) is 0 Å². The maximum absolute atomic E-state index is 6.86. The number of benzene rings is 3. The summed E-state index contributed by atoms with van der Waals surface area (Å²) in [6, 6.07) is 22.9. The Bertz CT molecular complexity index is 1220. The zero-order chi connectivity index (χ0) is 25.5. The van der Waals surface area contributed by atoms with E-state index in [1.165, 1.54) is 39.0 Å². The molecule has 0 spiro atoms. The van der Waals surface area contributed by atoms with Gasteiger partial charge >= 0.3 is 231 Å². The Labute approximate surface area is 229 Å². The van der Waals surface area contributed by atoms with E-state index < -0.39 is 35.5 Å². The number of hydrogen-bond acceptors (Lipinski definition) is 0. The van der Waals surface area contributed by atoms with Crippen LogP contribution >= 0.6 is 17.0 Å². The Morgan fingerprint density at radius 1 is 0.771 bits per heavy atom. The normalized spacial score (nSPS) is 15.7. The van der Waals surface area contributed by atoms with Gasteiger partial charge in [0.25, 0.3) is 0 Å². The molecule has 1 unspecified atom stereocenters. The van der Waals surface area contributed by atoms with Crippen LogP contribution in [0, 0.1) is 0 Å². The van der Waals surface area contributed by atoms with E-state index in [2.05, 4.69) is 113 Å². The van der Waals surface area contributed by atoms with Crippen molar-refractivity contribution < 1.29 is 19.4 Å². The maximum atomic E-state index is 6.86. The molecule has 1 aliphatic rings. The summed E-state index contributed by atoms with van der Waals surface area (Å²) in [6.45, 7) is 17.1. The Balaban J connectivity index is 2.04. The van der Waals surface area contributed by atoms with E-state index in [9.17, 15) is 0 Å². The van der Waals surface area contributed by atoms with Crippen LogP contribution in [0.15, 0.2) is 60.7 Å². The molecule has 3 aromatic rings. The van der Waals surface area contributed by atoms with Crippen LogP contribution < -0.4 is 10.4 Å². The second-order valence-corrected chi connectivity index (χ2v) is 30.8. The summed E-state index contributed by atoms with van der Waals surface area (Å²) < 4.78 is 0.171. The molecular weight excluding hydrogens is 579 g/mol. The molecule has 0 bridgehead atoms. The molecule has 1 atom stereocenters. The average Bonchev–Trinajstić information content (AvgIpc) is 3.18. The van der Waals surface area contributed by atoms with Gasteiger partial charge in [0, 0.05) is 0 Å². The molecule has 0 saturated heterocycles. The van der Waals surface area contributed by atoms with Gasteiger partial charge < -0.3 is 0 Å². The van der Waals surface area contributed by atoms with Gasteiger partial charge in [-0.25, -0.2) is 0 Å². The molecule has 0 radical (unpaired) electrons. The first-order valence-electron chi connectivity index (χ1n) is 12.7. The first kappa shape index (κ1) is 27.3. The predicted molar refractivity (Wildman–Crippen MR) is 161 cm³/mol. The van der Waals surface area contributed by atoms with Gasteiger partial charge in [0.2, 0.25) is 0 Å². The zero-order valence-corrected chi connectivity index (χ0v) is 28.1. The predicted octanol–water partition coefficient (Wildman–Crippen LogP) is 8.92. The fourth-order valence-electron chi connectivity index (χ4n) is 5.07. The molecule has 0 aromatic heterocycles. The zero-order valence-electron chi connectivity index (χ0n) is 22.1. The quantitative estimate of drug-likeness (QED) is 0.233. The Morgan fingerprint density at radius 3 is 1.89 bits per heavy atom. The summed E-state index contributed by atoms with van der Waals surface area (Å²) in [5.41, 5.74) is 9.49. The number of fused-ring (bicyclic) bond motifs is 1. The Morgan fingerprint density at radius 2 is 1.37 bits per heavy atom. The molecule has 0 amide bonds. The average molecular weight is 616 g/mol. The van der Waals surface area contributed by atoms with Crippen LogP contribution in [0.4, 0.5) is 0 Å². The van der Waals surface area contributed by atoms with E-state index in [1.54, 1.807) is 10.4 Å². The number of halogens is 2. The minimum atomic E-state index is -2.65. The van der Waals surface area contributed by atoms with Crippen LogP contribution in [0.1, 0.15) is 39.2 Å². The van der Waals surface area contributed by atoms with Gasteiger partial charge in [-0.15, -0.1) is 0 Å². The minimum absolute atomic E-state index is 0.171. The second-order valence-electron chi connectivity index (χ2n) is 11.8. The summed E-state index contributed by atoms with van der Waals surface area (Å²) in [6.07, 6.45) is 4.63.